The largest absolute Gasteiger partial charge is 0.501 e. The Balaban J connectivity index is 1.65. The number of carbonyl (C=O) groups is 2. The first-order chi connectivity index (χ1) is 17.8. The van der Waals surface area contributed by atoms with Crippen molar-refractivity contribution in [3.63, 3.8) is 0 Å². The summed E-state index contributed by atoms with van der Waals surface area (Å²) in [4.78, 5) is 26.4. The highest BCUT2D eigenvalue weighted by Gasteiger charge is 2.52. The lowest BCUT2D eigenvalue weighted by molar-refractivity contribution is -0.166. The molecule has 0 radical (unpaired) electrons. The molecule has 2 saturated heterocycles. The lowest BCUT2D eigenvalue weighted by Gasteiger charge is -2.46. The molecule has 1 aromatic carbocycles. The van der Waals surface area contributed by atoms with Crippen molar-refractivity contribution in [3.8, 4) is 0 Å². The van der Waals surface area contributed by atoms with Crippen LogP contribution in [0.5, 0.6) is 0 Å². The van der Waals surface area contributed by atoms with Crippen LogP contribution in [-0.4, -0.2) is 51.3 Å². The van der Waals surface area contributed by atoms with Crippen molar-refractivity contribution in [2.24, 2.45) is 11.3 Å². The van der Waals surface area contributed by atoms with E-state index in [-0.39, 0.29) is 42.6 Å². The molecule has 3 aliphatic heterocycles. The molecule has 2 bridgehead atoms. The quantitative estimate of drug-likeness (QED) is 0.490. The molecule has 3 heterocycles. The van der Waals surface area contributed by atoms with Crippen molar-refractivity contribution in [2.45, 2.75) is 88.9 Å². The minimum absolute atomic E-state index is 0.0725. The predicted octanol–water partition coefficient (Wildman–Crippen LogP) is 5.32. The molecule has 2 fully saturated rings. The van der Waals surface area contributed by atoms with E-state index in [9.17, 15) is 18.0 Å². The van der Waals surface area contributed by atoms with E-state index in [0.717, 1.165) is 63.4 Å². The summed E-state index contributed by atoms with van der Waals surface area (Å²) in [5.41, 5.74) is 1.10. The van der Waals surface area contributed by atoms with Crippen molar-refractivity contribution in [2.75, 3.05) is 26.8 Å². The van der Waals surface area contributed by atoms with Gasteiger partial charge < -0.3 is 9.47 Å². The van der Waals surface area contributed by atoms with Crippen LogP contribution in [-0.2, 0) is 29.1 Å². The van der Waals surface area contributed by atoms with Gasteiger partial charge in [0.05, 0.1) is 25.0 Å². The second kappa shape index (κ2) is 12.1. The number of ether oxygens (including phenoxy) is 2. The van der Waals surface area contributed by atoms with E-state index in [4.69, 9.17) is 9.47 Å². The first kappa shape index (κ1) is 27.8. The highest BCUT2D eigenvalue weighted by Crippen LogP contribution is 2.50. The molecule has 4 aliphatic rings. The Morgan fingerprint density at radius 1 is 0.946 bits per heavy atom. The Hall–Kier alpha value is -2.19. The van der Waals surface area contributed by atoms with Crippen LogP contribution in [0.1, 0.15) is 82.6 Å². The zero-order valence-corrected chi connectivity index (χ0v) is 23.1. The summed E-state index contributed by atoms with van der Waals surface area (Å²) in [7, 11) is -2.13. The number of ketones is 1. The number of sulfonamides is 1. The Kier molecular flexibility index (Phi) is 9.11. The van der Waals surface area contributed by atoms with Crippen LogP contribution in [0.25, 0.3) is 0 Å². The molecule has 1 aromatic rings. The number of Topliss-reactive ketones (excluding diaryl/α,β-unsaturated/α-hetero) is 1. The van der Waals surface area contributed by atoms with Gasteiger partial charge >= 0.3 is 5.97 Å². The molecule has 7 nitrogen and oxygen atoms in total. The maximum absolute atomic E-state index is 13.8. The van der Waals surface area contributed by atoms with Gasteiger partial charge in [0, 0.05) is 36.4 Å². The number of fused-ring (bicyclic) bond motifs is 13. The second-order valence-corrected chi connectivity index (χ2v) is 12.9. The van der Waals surface area contributed by atoms with E-state index in [0.29, 0.717) is 24.3 Å². The van der Waals surface area contributed by atoms with E-state index in [2.05, 4.69) is 0 Å². The standard InChI is InChI=1S/C29H41NO6S/c1-22-11-13-23(14-12-22)37(33,34)30-17-10-8-6-4-3-5-7-9-16-29-20-26(35-2)24(15-18-30)28(32)25(29)19-27(31)36-21-29/h11-14,25H,3-10,15-21H2,1-2H3/t25-,29-/m0/s1. The Bertz CT molecular complexity index is 1110. The lowest BCUT2D eigenvalue weighted by atomic mass is 9.61. The van der Waals surface area contributed by atoms with E-state index in [1.54, 1.807) is 19.2 Å². The van der Waals surface area contributed by atoms with E-state index < -0.39 is 21.4 Å². The number of nitrogens with zero attached hydrogens (tertiary/aromatic N) is 1. The number of methoxy groups -OCH3 is 1. The molecule has 0 amide bonds. The van der Waals surface area contributed by atoms with Gasteiger partial charge in [-0.05, 0) is 38.3 Å². The number of cyclic esters (lactones) is 1. The third kappa shape index (κ3) is 6.28. The summed E-state index contributed by atoms with van der Waals surface area (Å²) in [6.07, 6.45) is 10.1. The number of hydrogen-bond acceptors (Lipinski definition) is 6. The van der Waals surface area contributed by atoms with Crippen LogP contribution in [0.4, 0.5) is 0 Å². The molecule has 0 saturated carbocycles. The molecule has 1 spiro atoms. The average Bonchev–Trinajstić information content (AvgIpc) is 2.88. The maximum atomic E-state index is 13.8. The first-order valence-corrected chi connectivity index (χ1v) is 15.2. The minimum Gasteiger partial charge on any atom is -0.501 e. The van der Waals surface area contributed by atoms with Crippen molar-refractivity contribution in [1.29, 1.82) is 0 Å². The SMILES string of the molecule is COC1=C2CCN(S(=O)(=O)c3ccc(C)cc3)CCCCCCCCCC[C@@]3(COC(=O)C[C@H]3C2=O)C1. The molecule has 204 valence electrons. The van der Waals surface area contributed by atoms with Crippen LogP contribution < -0.4 is 0 Å². The van der Waals surface area contributed by atoms with Crippen LogP contribution in [0.2, 0.25) is 0 Å². The number of esters is 1. The lowest BCUT2D eigenvalue weighted by Crippen LogP contribution is -2.49. The van der Waals surface area contributed by atoms with Crippen LogP contribution >= 0.6 is 0 Å². The minimum atomic E-state index is -3.71. The number of hydrogen-bond donors (Lipinski definition) is 0. The first-order valence-electron chi connectivity index (χ1n) is 13.8. The molecule has 37 heavy (non-hydrogen) atoms. The number of rotatable bonds is 3. The predicted molar refractivity (Wildman–Crippen MR) is 141 cm³/mol. The van der Waals surface area contributed by atoms with Gasteiger partial charge in [0.2, 0.25) is 10.0 Å². The summed E-state index contributed by atoms with van der Waals surface area (Å²) < 4.78 is 40.0. The van der Waals surface area contributed by atoms with E-state index >= 15 is 0 Å². The molecule has 8 heteroatoms. The van der Waals surface area contributed by atoms with Crippen LogP contribution in [0.3, 0.4) is 0 Å². The van der Waals surface area contributed by atoms with Crippen LogP contribution in [0, 0.1) is 18.3 Å². The topological polar surface area (TPSA) is 90.0 Å². The fourth-order valence-corrected chi connectivity index (χ4v) is 7.63. The number of aryl methyl sites for hydroxylation is 1. The van der Waals surface area contributed by atoms with Gasteiger partial charge in [-0.15, -0.1) is 0 Å². The molecule has 2 atom stereocenters. The van der Waals surface area contributed by atoms with Crippen molar-refractivity contribution < 1.29 is 27.5 Å². The molecule has 1 aliphatic carbocycles. The van der Waals surface area contributed by atoms with Gasteiger partial charge in [0.15, 0.2) is 5.78 Å². The third-order valence-electron chi connectivity index (χ3n) is 8.44. The fraction of sp³-hybridized carbons (Fsp3) is 0.655. The Morgan fingerprint density at radius 3 is 2.27 bits per heavy atom. The molecule has 5 rings (SSSR count). The van der Waals surface area contributed by atoms with E-state index in [1.165, 1.54) is 4.31 Å². The van der Waals surface area contributed by atoms with Crippen molar-refractivity contribution >= 4 is 21.8 Å². The van der Waals surface area contributed by atoms with Crippen molar-refractivity contribution in [3.05, 3.63) is 41.2 Å². The van der Waals surface area contributed by atoms with Gasteiger partial charge in [-0.2, -0.15) is 4.31 Å². The molecular weight excluding hydrogens is 490 g/mol. The summed E-state index contributed by atoms with van der Waals surface area (Å²) in [6.45, 7) is 2.80. The summed E-state index contributed by atoms with van der Waals surface area (Å²) >= 11 is 0. The number of carbonyl (C=O) groups excluding carboxylic acids is 2. The maximum Gasteiger partial charge on any atom is 0.306 e. The second-order valence-electron chi connectivity index (χ2n) is 11.0. The summed E-state index contributed by atoms with van der Waals surface area (Å²) in [5.74, 6) is -0.211. The highest BCUT2D eigenvalue weighted by molar-refractivity contribution is 7.89. The smallest absolute Gasteiger partial charge is 0.306 e. The molecular formula is C29H41NO6S. The van der Waals surface area contributed by atoms with Gasteiger partial charge in [0.25, 0.3) is 0 Å². The summed E-state index contributed by atoms with van der Waals surface area (Å²) in [6, 6.07) is 6.93. The summed E-state index contributed by atoms with van der Waals surface area (Å²) in [5, 5.41) is 0. The Labute approximate surface area is 221 Å². The molecule has 0 aromatic heterocycles. The molecule has 0 N–H and O–H groups in total. The van der Waals surface area contributed by atoms with E-state index in [1.807, 2.05) is 19.1 Å². The monoisotopic (exact) mass is 531 g/mol. The highest BCUT2D eigenvalue weighted by atomic mass is 32.2. The zero-order chi connectivity index (χ0) is 26.5. The van der Waals surface area contributed by atoms with Gasteiger partial charge in [-0.25, -0.2) is 8.42 Å². The third-order valence-corrected chi connectivity index (χ3v) is 10.4. The van der Waals surface area contributed by atoms with Gasteiger partial charge in [-0.3, -0.25) is 9.59 Å². The normalized spacial score (nSPS) is 27.4. The van der Waals surface area contributed by atoms with Crippen molar-refractivity contribution in [1.82, 2.24) is 4.31 Å². The van der Waals surface area contributed by atoms with Crippen LogP contribution in [0.15, 0.2) is 40.5 Å². The van der Waals surface area contributed by atoms with Gasteiger partial charge in [-0.1, -0.05) is 62.6 Å². The number of benzene rings is 1. The zero-order valence-electron chi connectivity index (χ0n) is 22.3. The average molecular weight is 532 g/mol. The number of allylic oxidation sites excluding steroid dienone is 1. The Morgan fingerprint density at radius 2 is 1.59 bits per heavy atom. The van der Waals surface area contributed by atoms with Gasteiger partial charge in [0.1, 0.15) is 5.76 Å². The fourth-order valence-electron chi connectivity index (χ4n) is 6.15. The molecule has 0 unspecified atom stereocenters.